The molecule has 5 rings (SSSR count). The van der Waals surface area contributed by atoms with Gasteiger partial charge >= 0.3 is 0 Å². The topological polar surface area (TPSA) is 82.3 Å². The van der Waals surface area contributed by atoms with E-state index in [0.29, 0.717) is 12.5 Å². The Morgan fingerprint density at radius 2 is 1.79 bits per heavy atom. The number of aliphatic hydroxyl groups is 1. The molecule has 0 amide bonds. The average molecular weight is 456 g/mol. The number of aromatic nitrogens is 4. The first-order chi connectivity index (χ1) is 16.6. The highest BCUT2D eigenvalue weighted by Gasteiger charge is 2.24. The highest BCUT2D eigenvalue weighted by molar-refractivity contribution is 5.68. The van der Waals surface area contributed by atoms with Crippen LogP contribution in [0, 0.1) is 0 Å². The minimum absolute atomic E-state index is 0.0298. The molecule has 0 atom stereocenters. The molecule has 0 spiro atoms. The largest absolute Gasteiger partial charge is 0.395 e. The summed E-state index contributed by atoms with van der Waals surface area (Å²) in [6.07, 6.45) is 4.72. The van der Waals surface area contributed by atoms with Crippen molar-refractivity contribution in [2.24, 2.45) is 7.05 Å². The molecule has 1 aliphatic rings. The molecule has 2 N–H and O–H groups in total. The fourth-order valence-electron chi connectivity index (χ4n) is 4.32. The summed E-state index contributed by atoms with van der Waals surface area (Å²) in [4.78, 5) is 14.2. The Balaban J connectivity index is 1.49. The van der Waals surface area contributed by atoms with E-state index in [9.17, 15) is 5.11 Å². The lowest BCUT2D eigenvalue weighted by atomic mass is 10.1. The number of benzene rings is 2. The first-order valence-electron chi connectivity index (χ1n) is 11.5. The Morgan fingerprint density at radius 3 is 2.50 bits per heavy atom. The van der Waals surface area contributed by atoms with Gasteiger partial charge in [-0.1, -0.05) is 30.3 Å². The zero-order chi connectivity index (χ0) is 23.5. The number of hydrogen-bond acceptors (Lipinski definition) is 7. The highest BCUT2D eigenvalue weighted by Crippen LogP contribution is 2.33. The molecule has 0 radical (unpaired) electrons. The van der Waals surface area contributed by atoms with E-state index >= 15 is 0 Å². The van der Waals surface area contributed by atoms with Gasteiger partial charge in [0.15, 0.2) is 0 Å². The zero-order valence-corrected chi connectivity index (χ0v) is 19.5. The maximum Gasteiger partial charge on any atom is 0.229 e. The molecular formula is C26H29N7O. The third-order valence-corrected chi connectivity index (χ3v) is 6.06. The van der Waals surface area contributed by atoms with Gasteiger partial charge in [-0.3, -0.25) is 4.68 Å². The summed E-state index contributed by atoms with van der Waals surface area (Å²) in [5, 5.41) is 17.5. The van der Waals surface area contributed by atoms with E-state index < -0.39 is 0 Å². The third-order valence-electron chi connectivity index (χ3n) is 6.06. The molecule has 0 saturated carbocycles. The Morgan fingerprint density at radius 1 is 1.00 bits per heavy atom. The van der Waals surface area contributed by atoms with Crippen LogP contribution in [0.1, 0.15) is 11.3 Å². The van der Waals surface area contributed by atoms with Crippen molar-refractivity contribution in [2.75, 3.05) is 37.0 Å². The van der Waals surface area contributed by atoms with Crippen LogP contribution in [0.2, 0.25) is 0 Å². The van der Waals surface area contributed by atoms with Crippen LogP contribution < -0.4 is 10.2 Å². The van der Waals surface area contributed by atoms with Crippen LogP contribution in [0.3, 0.4) is 0 Å². The smallest absolute Gasteiger partial charge is 0.229 e. The van der Waals surface area contributed by atoms with Gasteiger partial charge in [-0.2, -0.15) is 10.1 Å². The first-order valence-corrected chi connectivity index (χ1v) is 11.5. The van der Waals surface area contributed by atoms with Gasteiger partial charge in [0, 0.05) is 61.8 Å². The fourth-order valence-corrected chi connectivity index (χ4v) is 4.32. The van der Waals surface area contributed by atoms with Crippen molar-refractivity contribution in [3.63, 3.8) is 0 Å². The van der Waals surface area contributed by atoms with E-state index in [0.717, 1.165) is 59.1 Å². The number of aryl methyl sites for hydroxylation is 1. The molecular weight excluding hydrogens is 426 g/mol. The quantitative estimate of drug-likeness (QED) is 0.439. The van der Waals surface area contributed by atoms with Crippen molar-refractivity contribution in [3.05, 3.63) is 78.2 Å². The predicted octanol–water partition coefficient (Wildman–Crippen LogP) is 3.74. The Labute approximate surface area is 199 Å². The van der Waals surface area contributed by atoms with E-state index in [1.807, 2.05) is 61.9 Å². The molecule has 8 heteroatoms. The van der Waals surface area contributed by atoms with E-state index in [-0.39, 0.29) is 6.61 Å². The molecule has 3 heterocycles. The second-order valence-electron chi connectivity index (χ2n) is 8.60. The van der Waals surface area contributed by atoms with Crippen LogP contribution in [-0.2, 0) is 20.0 Å². The molecule has 1 aliphatic heterocycles. The maximum absolute atomic E-state index is 9.82. The predicted molar refractivity (Wildman–Crippen MR) is 135 cm³/mol. The number of rotatable bonds is 7. The van der Waals surface area contributed by atoms with Gasteiger partial charge in [0.1, 0.15) is 5.82 Å². The van der Waals surface area contributed by atoms with Crippen molar-refractivity contribution < 1.29 is 5.11 Å². The van der Waals surface area contributed by atoms with Gasteiger partial charge in [0.05, 0.1) is 18.5 Å². The second kappa shape index (κ2) is 9.62. The van der Waals surface area contributed by atoms with E-state index in [2.05, 4.69) is 39.4 Å². The van der Waals surface area contributed by atoms with Crippen molar-refractivity contribution in [1.29, 1.82) is 0 Å². The van der Waals surface area contributed by atoms with Crippen molar-refractivity contribution >= 4 is 23.1 Å². The van der Waals surface area contributed by atoms with Crippen LogP contribution in [0.5, 0.6) is 0 Å². The number of fused-ring (bicyclic) bond motifs is 1. The summed E-state index contributed by atoms with van der Waals surface area (Å²) >= 11 is 0. The number of hydrogen-bond donors (Lipinski definition) is 2. The number of anilines is 4. The maximum atomic E-state index is 9.82. The van der Waals surface area contributed by atoms with Crippen LogP contribution in [0.4, 0.5) is 23.1 Å². The second-order valence-corrected chi connectivity index (χ2v) is 8.60. The first kappa shape index (κ1) is 22.1. The normalized spacial score (nSPS) is 13.5. The average Bonchev–Trinajstić information content (AvgIpc) is 3.30. The van der Waals surface area contributed by atoms with E-state index in [1.165, 1.54) is 0 Å². The van der Waals surface area contributed by atoms with Gasteiger partial charge in [-0.05, 0) is 36.9 Å². The van der Waals surface area contributed by atoms with E-state index in [4.69, 9.17) is 9.97 Å². The number of nitrogens with one attached hydrogen (secondary N) is 1. The molecule has 0 aliphatic carbocycles. The van der Waals surface area contributed by atoms with Crippen LogP contribution in [0.15, 0.2) is 67.0 Å². The number of likely N-dealkylation sites (N-methyl/N-ethyl adjacent to an activating group) is 1. The summed E-state index contributed by atoms with van der Waals surface area (Å²) in [7, 11) is 4.03. The summed E-state index contributed by atoms with van der Waals surface area (Å²) < 4.78 is 1.80. The number of para-hydroxylation sites is 1. The number of aliphatic hydroxyl groups excluding tert-OH is 1. The van der Waals surface area contributed by atoms with Gasteiger partial charge in [0.25, 0.3) is 0 Å². The van der Waals surface area contributed by atoms with Crippen LogP contribution >= 0.6 is 0 Å². The minimum atomic E-state index is 0.0298. The minimum Gasteiger partial charge on any atom is -0.395 e. The molecule has 8 nitrogen and oxygen atoms in total. The molecule has 0 bridgehead atoms. The lowest BCUT2D eigenvalue weighted by Gasteiger charge is -2.31. The van der Waals surface area contributed by atoms with Gasteiger partial charge in [0.2, 0.25) is 5.95 Å². The van der Waals surface area contributed by atoms with Crippen molar-refractivity contribution in [2.45, 2.75) is 13.0 Å². The molecule has 2 aromatic carbocycles. The summed E-state index contributed by atoms with van der Waals surface area (Å²) in [5.41, 5.74) is 6.26. The Hall–Kier alpha value is -3.75. The molecule has 0 unspecified atom stereocenters. The molecule has 4 aromatic rings. The fraction of sp³-hybridized carbons (Fsp3) is 0.269. The Kier molecular flexibility index (Phi) is 6.24. The molecule has 174 valence electrons. The van der Waals surface area contributed by atoms with Crippen molar-refractivity contribution in [3.8, 4) is 11.1 Å². The standard InChI is InChI=1S/C26H29N7O/c1-31-13-12-24-23(18-31)25(33(14-15-34)22-6-4-3-5-7-22)30-26(29-24)28-21-10-8-19(9-11-21)20-16-27-32(2)17-20/h3-11,16-17,34H,12-15,18H2,1-2H3,(H,28,29,30). The monoisotopic (exact) mass is 455 g/mol. The SMILES string of the molecule is CN1CCc2nc(Nc3ccc(-c4cnn(C)c4)cc3)nc(N(CCO)c3ccccc3)c2C1. The third kappa shape index (κ3) is 4.64. The number of nitrogens with zero attached hydrogens (tertiary/aromatic N) is 6. The highest BCUT2D eigenvalue weighted by atomic mass is 16.3. The van der Waals surface area contributed by atoms with Crippen molar-refractivity contribution in [1.82, 2.24) is 24.6 Å². The van der Waals surface area contributed by atoms with Gasteiger partial charge in [-0.15, -0.1) is 0 Å². The lowest BCUT2D eigenvalue weighted by Crippen LogP contribution is -2.32. The molecule has 2 aromatic heterocycles. The van der Waals surface area contributed by atoms with Crippen LogP contribution in [-0.4, -0.2) is 56.5 Å². The summed E-state index contributed by atoms with van der Waals surface area (Å²) in [6, 6.07) is 18.3. The Bertz CT molecular complexity index is 1250. The zero-order valence-electron chi connectivity index (χ0n) is 19.5. The summed E-state index contributed by atoms with van der Waals surface area (Å²) in [5.74, 6) is 1.40. The van der Waals surface area contributed by atoms with Crippen LogP contribution in [0.25, 0.3) is 11.1 Å². The van der Waals surface area contributed by atoms with E-state index in [1.54, 1.807) is 4.68 Å². The van der Waals surface area contributed by atoms with Gasteiger partial charge in [-0.25, -0.2) is 4.98 Å². The molecule has 0 saturated heterocycles. The van der Waals surface area contributed by atoms with Gasteiger partial charge < -0.3 is 20.2 Å². The summed E-state index contributed by atoms with van der Waals surface area (Å²) in [6.45, 7) is 2.21. The lowest BCUT2D eigenvalue weighted by molar-refractivity contribution is 0.302. The molecule has 34 heavy (non-hydrogen) atoms. The molecule has 0 fully saturated rings.